The second kappa shape index (κ2) is 2.90. The molecule has 0 fully saturated rings. The minimum absolute atomic E-state index is 0.556. The molecule has 3 heteroatoms. The van der Waals surface area contributed by atoms with Gasteiger partial charge in [-0.05, 0) is 12.1 Å². The molecule has 1 aromatic rings. The van der Waals surface area contributed by atoms with Crippen LogP contribution in [-0.2, 0) is 0 Å². The Kier molecular flexibility index (Phi) is 2.12. The van der Waals surface area contributed by atoms with Crippen LogP contribution in [0.5, 0.6) is 5.75 Å². The Hall–Kier alpha value is -1.06. The second-order valence-corrected chi connectivity index (χ2v) is 2.47. The van der Waals surface area contributed by atoms with E-state index in [9.17, 15) is 0 Å². The zero-order chi connectivity index (χ0) is 8.32. The van der Waals surface area contributed by atoms with Gasteiger partial charge in [-0.25, -0.2) is 0 Å². The summed E-state index contributed by atoms with van der Waals surface area (Å²) in [5, 5.41) is 9.03. The van der Waals surface area contributed by atoms with Gasteiger partial charge in [-0.2, -0.15) is 0 Å². The Bertz CT molecular complexity index is 215. The Morgan fingerprint density at radius 3 is 2.36 bits per heavy atom. The molecule has 0 aliphatic carbocycles. The Labute approximate surface area is 65.4 Å². The highest BCUT2D eigenvalue weighted by molar-refractivity contribution is 5.21. The van der Waals surface area contributed by atoms with Gasteiger partial charge in [0.15, 0.2) is 0 Å². The van der Waals surface area contributed by atoms with Crippen molar-refractivity contribution in [1.82, 2.24) is 0 Å². The SMILES string of the molecule is CC(N)(O)Oc1ccccc1. The fourth-order valence-corrected chi connectivity index (χ4v) is 0.727. The topological polar surface area (TPSA) is 55.5 Å². The summed E-state index contributed by atoms with van der Waals surface area (Å²) in [4.78, 5) is 0. The van der Waals surface area contributed by atoms with Gasteiger partial charge in [-0.1, -0.05) is 18.2 Å². The van der Waals surface area contributed by atoms with Gasteiger partial charge in [0.05, 0.1) is 0 Å². The van der Waals surface area contributed by atoms with Crippen molar-refractivity contribution in [2.24, 2.45) is 5.73 Å². The van der Waals surface area contributed by atoms with Crippen molar-refractivity contribution in [3.05, 3.63) is 30.3 Å². The average Bonchev–Trinajstić information content (AvgIpc) is 1.85. The minimum Gasteiger partial charge on any atom is -0.450 e. The maximum absolute atomic E-state index is 9.03. The fourth-order valence-electron chi connectivity index (χ4n) is 0.727. The number of para-hydroxylation sites is 1. The molecular formula is C8H11NO2. The van der Waals surface area contributed by atoms with Crippen molar-refractivity contribution in [3.63, 3.8) is 0 Å². The van der Waals surface area contributed by atoms with Gasteiger partial charge in [-0.3, -0.25) is 5.73 Å². The van der Waals surface area contributed by atoms with Gasteiger partial charge >= 0.3 is 0 Å². The first kappa shape index (κ1) is 8.04. The summed E-state index contributed by atoms with van der Waals surface area (Å²) in [5.74, 6) is -1.04. The van der Waals surface area contributed by atoms with Gasteiger partial charge in [0.1, 0.15) is 5.75 Å². The molecule has 60 valence electrons. The van der Waals surface area contributed by atoms with E-state index in [0.29, 0.717) is 5.75 Å². The van der Waals surface area contributed by atoms with Crippen molar-refractivity contribution in [2.75, 3.05) is 0 Å². The van der Waals surface area contributed by atoms with Crippen molar-refractivity contribution in [3.8, 4) is 5.75 Å². The van der Waals surface area contributed by atoms with Crippen LogP contribution in [0.4, 0.5) is 0 Å². The summed E-state index contributed by atoms with van der Waals surface area (Å²) < 4.78 is 4.94. The fraction of sp³-hybridized carbons (Fsp3) is 0.250. The molecule has 3 nitrogen and oxygen atoms in total. The lowest BCUT2D eigenvalue weighted by atomic mass is 10.3. The normalized spacial score (nSPS) is 15.5. The van der Waals surface area contributed by atoms with Crippen LogP contribution >= 0.6 is 0 Å². The lowest BCUT2D eigenvalue weighted by Gasteiger charge is -2.18. The van der Waals surface area contributed by atoms with Gasteiger partial charge in [0.2, 0.25) is 0 Å². The maximum atomic E-state index is 9.03. The van der Waals surface area contributed by atoms with E-state index in [1.165, 1.54) is 6.92 Å². The number of hydrogen-bond donors (Lipinski definition) is 2. The molecule has 0 spiro atoms. The lowest BCUT2D eigenvalue weighted by Crippen LogP contribution is -2.41. The van der Waals surface area contributed by atoms with E-state index < -0.39 is 5.91 Å². The predicted molar refractivity (Wildman–Crippen MR) is 41.9 cm³/mol. The molecule has 0 saturated heterocycles. The molecule has 11 heavy (non-hydrogen) atoms. The van der Waals surface area contributed by atoms with Crippen LogP contribution < -0.4 is 10.5 Å². The van der Waals surface area contributed by atoms with E-state index in [0.717, 1.165) is 0 Å². The summed E-state index contributed by atoms with van der Waals surface area (Å²) in [6.07, 6.45) is 0. The molecule has 1 aromatic carbocycles. The molecule has 0 aromatic heterocycles. The first-order chi connectivity index (χ1) is 5.08. The molecule has 0 radical (unpaired) electrons. The van der Waals surface area contributed by atoms with E-state index in [4.69, 9.17) is 15.6 Å². The highest BCUT2D eigenvalue weighted by Gasteiger charge is 2.13. The molecule has 0 aliphatic heterocycles. The van der Waals surface area contributed by atoms with E-state index in [1.54, 1.807) is 24.3 Å². The summed E-state index contributed by atoms with van der Waals surface area (Å²) in [7, 11) is 0. The molecule has 0 bridgehead atoms. The quantitative estimate of drug-likeness (QED) is 0.614. The van der Waals surface area contributed by atoms with E-state index in [2.05, 4.69) is 0 Å². The largest absolute Gasteiger partial charge is 0.450 e. The summed E-state index contributed by atoms with van der Waals surface area (Å²) >= 11 is 0. The molecule has 0 saturated carbocycles. The molecule has 0 heterocycles. The van der Waals surface area contributed by atoms with E-state index >= 15 is 0 Å². The van der Waals surface area contributed by atoms with E-state index in [1.807, 2.05) is 6.07 Å². The molecule has 1 rings (SSSR count). The zero-order valence-electron chi connectivity index (χ0n) is 6.32. The molecule has 3 N–H and O–H groups in total. The van der Waals surface area contributed by atoms with Crippen LogP contribution in [0, 0.1) is 0 Å². The van der Waals surface area contributed by atoms with Crippen molar-refractivity contribution in [2.45, 2.75) is 12.8 Å². The number of ether oxygens (including phenoxy) is 1. The third-order valence-corrected chi connectivity index (χ3v) is 1.07. The maximum Gasteiger partial charge on any atom is 0.262 e. The lowest BCUT2D eigenvalue weighted by molar-refractivity contribution is -0.115. The van der Waals surface area contributed by atoms with Gasteiger partial charge in [0.25, 0.3) is 5.91 Å². The van der Waals surface area contributed by atoms with Crippen LogP contribution in [0.3, 0.4) is 0 Å². The number of benzene rings is 1. The Morgan fingerprint density at radius 2 is 1.91 bits per heavy atom. The van der Waals surface area contributed by atoms with Crippen LogP contribution in [-0.4, -0.2) is 11.0 Å². The summed E-state index contributed by atoms with van der Waals surface area (Å²) in [6.45, 7) is 1.38. The molecule has 0 amide bonds. The van der Waals surface area contributed by atoms with Crippen molar-refractivity contribution in [1.29, 1.82) is 0 Å². The summed E-state index contributed by atoms with van der Waals surface area (Å²) in [5.41, 5.74) is 5.20. The average molecular weight is 153 g/mol. The van der Waals surface area contributed by atoms with Crippen molar-refractivity contribution < 1.29 is 9.84 Å². The number of hydrogen-bond acceptors (Lipinski definition) is 3. The monoisotopic (exact) mass is 153 g/mol. The van der Waals surface area contributed by atoms with E-state index in [-0.39, 0.29) is 0 Å². The predicted octanol–water partition coefficient (Wildman–Crippen LogP) is 0.690. The molecule has 1 unspecified atom stereocenters. The second-order valence-electron chi connectivity index (χ2n) is 2.47. The highest BCUT2D eigenvalue weighted by Crippen LogP contribution is 2.11. The Balaban J connectivity index is 2.66. The number of rotatable bonds is 2. The van der Waals surface area contributed by atoms with Crippen LogP contribution in [0.25, 0.3) is 0 Å². The van der Waals surface area contributed by atoms with Crippen LogP contribution in [0.1, 0.15) is 6.92 Å². The third-order valence-electron chi connectivity index (χ3n) is 1.07. The van der Waals surface area contributed by atoms with Gasteiger partial charge in [-0.15, -0.1) is 0 Å². The first-order valence-corrected chi connectivity index (χ1v) is 3.33. The van der Waals surface area contributed by atoms with Gasteiger partial charge in [0, 0.05) is 6.92 Å². The van der Waals surface area contributed by atoms with Crippen molar-refractivity contribution >= 4 is 0 Å². The smallest absolute Gasteiger partial charge is 0.262 e. The third kappa shape index (κ3) is 3.02. The minimum atomic E-state index is -1.60. The summed E-state index contributed by atoms with van der Waals surface area (Å²) in [6, 6.07) is 8.92. The standard InChI is InChI=1S/C8H11NO2/c1-8(9,10)11-7-5-3-2-4-6-7/h2-6,10H,9H2,1H3. The molecule has 1 atom stereocenters. The van der Waals surface area contributed by atoms with Gasteiger partial charge < -0.3 is 9.84 Å². The highest BCUT2D eigenvalue weighted by atomic mass is 16.6. The molecule has 0 aliphatic rings. The zero-order valence-corrected chi connectivity index (χ0v) is 6.32. The van der Waals surface area contributed by atoms with Crippen LogP contribution in [0.2, 0.25) is 0 Å². The number of aliphatic hydroxyl groups is 1. The Morgan fingerprint density at radius 1 is 1.36 bits per heavy atom. The van der Waals surface area contributed by atoms with Crippen LogP contribution in [0.15, 0.2) is 30.3 Å². The molecular weight excluding hydrogens is 142 g/mol. The number of nitrogens with two attached hydrogens (primary N) is 1. The first-order valence-electron chi connectivity index (χ1n) is 3.33.